The molecule has 0 heterocycles. The van der Waals surface area contributed by atoms with Crippen LogP contribution in [-0.4, -0.2) is 19.1 Å². The molecule has 0 unspecified atom stereocenters. The molecule has 0 saturated carbocycles. The van der Waals surface area contributed by atoms with Crippen LogP contribution in [0, 0.1) is 0 Å². The van der Waals surface area contributed by atoms with Crippen molar-refractivity contribution in [2.45, 2.75) is 6.17 Å². The second kappa shape index (κ2) is 2.54. The van der Waals surface area contributed by atoms with Gasteiger partial charge >= 0.3 is 0 Å². The lowest BCUT2D eigenvalue weighted by atomic mass is 10.5. The van der Waals surface area contributed by atoms with Gasteiger partial charge in [-0.3, -0.25) is 10.1 Å². The highest BCUT2D eigenvalue weighted by Gasteiger charge is 2.01. The summed E-state index contributed by atoms with van der Waals surface area (Å²) in [6, 6.07) is 0. The highest BCUT2D eigenvalue weighted by molar-refractivity contribution is 5.78. The quantitative estimate of drug-likeness (QED) is 0.353. The maximum atomic E-state index is 9.97. The third-order valence-electron chi connectivity index (χ3n) is 0.618. The van der Waals surface area contributed by atoms with Gasteiger partial charge in [-0.25, -0.2) is 0 Å². The van der Waals surface area contributed by atoms with E-state index in [0.29, 0.717) is 0 Å². The van der Waals surface area contributed by atoms with Crippen LogP contribution < -0.4 is 16.8 Å². The zero-order valence-corrected chi connectivity index (χ0v) is 4.14. The molecule has 0 aromatic carbocycles. The normalized spacial score (nSPS) is 13.4. The molecule has 0 spiro atoms. The molecule has 0 saturated heterocycles. The highest BCUT2D eigenvalue weighted by Crippen LogP contribution is 1.59. The van der Waals surface area contributed by atoms with Gasteiger partial charge in [0, 0.05) is 0 Å². The van der Waals surface area contributed by atoms with Gasteiger partial charge in [0.25, 0.3) is 0 Å². The van der Waals surface area contributed by atoms with E-state index in [0.717, 1.165) is 0 Å². The standard InChI is InChI=1S/C3H9N3O/c1-6-2(4)3(5)7/h2,6H,4H2,1H3,(H2,5,7)/t2-/m1/s1. The number of carbonyl (C=O) groups excluding carboxylic acids is 1. The van der Waals surface area contributed by atoms with Crippen LogP contribution >= 0.6 is 0 Å². The molecular weight excluding hydrogens is 94.1 g/mol. The molecule has 0 aromatic heterocycles. The summed E-state index contributed by atoms with van der Waals surface area (Å²) < 4.78 is 0. The summed E-state index contributed by atoms with van der Waals surface area (Å²) in [7, 11) is 1.56. The summed E-state index contributed by atoms with van der Waals surface area (Å²) in [6.45, 7) is 0. The number of nitrogens with one attached hydrogen (secondary N) is 1. The van der Waals surface area contributed by atoms with Crippen LogP contribution in [0.5, 0.6) is 0 Å². The number of hydrogen-bond acceptors (Lipinski definition) is 3. The Morgan fingerprint density at radius 3 is 2.29 bits per heavy atom. The second-order valence-corrected chi connectivity index (χ2v) is 1.17. The Labute approximate surface area is 41.9 Å². The van der Waals surface area contributed by atoms with Gasteiger partial charge in [-0.1, -0.05) is 0 Å². The third kappa shape index (κ3) is 2.13. The Balaban J connectivity index is 3.34. The Bertz CT molecular complexity index is 72.6. The zero-order chi connectivity index (χ0) is 5.86. The van der Waals surface area contributed by atoms with Gasteiger partial charge in [0.05, 0.1) is 0 Å². The van der Waals surface area contributed by atoms with Crippen LogP contribution in [0.1, 0.15) is 0 Å². The van der Waals surface area contributed by atoms with Gasteiger partial charge < -0.3 is 11.5 Å². The fourth-order valence-electron chi connectivity index (χ4n) is 0.142. The Hall–Kier alpha value is -0.610. The molecule has 7 heavy (non-hydrogen) atoms. The summed E-state index contributed by atoms with van der Waals surface area (Å²) in [5.74, 6) is -0.539. The van der Waals surface area contributed by atoms with Crippen molar-refractivity contribution >= 4 is 5.91 Å². The summed E-state index contributed by atoms with van der Waals surface area (Å²) in [5.41, 5.74) is 9.75. The van der Waals surface area contributed by atoms with Crippen molar-refractivity contribution in [2.75, 3.05) is 7.05 Å². The van der Waals surface area contributed by atoms with Crippen molar-refractivity contribution in [2.24, 2.45) is 11.5 Å². The SMILES string of the molecule is CN[C@@H](N)C(N)=O. The Morgan fingerprint density at radius 2 is 2.29 bits per heavy atom. The first-order valence-corrected chi connectivity index (χ1v) is 1.90. The minimum absolute atomic E-state index is 0.539. The first kappa shape index (κ1) is 6.39. The van der Waals surface area contributed by atoms with Gasteiger partial charge in [-0.15, -0.1) is 0 Å². The molecule has 0 aliphatic carbocycles. The largest absolute Gasteiger partial charge is 0.367 e. The molecule has 0 fully saturated rings. The second-order valence-electron chi connectivity index (χ2n) is 1.17. The monoisotopic (exact) mass is 103 g/mol. The molecule has 1 amide bonds. The molecule has 0 bridgehead atoms. The maximum Gasteiger partial charge on any atom is 0.249 e. The summed E-state index contributed by atoms with van der Waals surface area (Å²) in [5, 5.41) is 2.47. The van der Waals surface area contributed by atoms with Crippen molar-refractivity contribution in [1.82, 2.24) is 5.32 Å². The van der Waals surface area contributed by atoms with E-state index in [9.17, 15) is 4.79 Å². The van der Waals surface area contributed by atoms with E-state index >= 15 is 0 Å². The van der Waals surface area contributed by atoms with Gasteiger partial charge in [-0.2, -0.15) is 0 Å². The minimum atomic E-state index is -0.708. The van der Waals surface area contributed by atoms with Crippen molar-refractivity contribution in [3.8, 4) is 0 Å². The zero-order valence-electron chi connectivity index (χ0n) is 4.14. The summed E-state index contributed by atoms with van der Waals surface area (Å²) in [6.07, 6.45) is -0.708. The van der Waals surface area contributed by atoms with Gasteiger partial charge in [0.15, 0.2) is 0 Å². The topological polar surface area (TPSA) is 81.1 Å². The molecule has 4 nitrogen and oxygen atoms in total. The van der Waals surface area contributed by atoms with Crippen LogP contribution in [0.4, 0.5) is 0 Å². The van der Waals surface area contributed by atoms with E-state index in [-0.39, 0.29) is 0 Å². The van der Waals surface area contributed by atoms with Crippen molar-refractivity contribution in [3.05, 3.63) is 0 Å². The number of likely N-dealkylation sites (N-methyl/N-ethyl adjacent to an activating group) is 1. The number of amides is 1. The molecule has 0 rings (SSSR count). The Morgan fingerprint density at radius 1 is 1.86 bits per heavy atom. The van der Waals surface area contributed by atoms with E-state index < -0.39 is 12.1 Å². The number of hydrogen-bond donors (Lipinski definition) is 3. The molecule has 42 valence electrons. The number of carbonyl (C=O) groups is 1. The lowest BCUT2D eigenvalue weighted by molar-refractivity contribution is -0.119. The molecule has 0 aromatic rings. The first-order valence-electron chi connectivity index (χ1n) is 1.90. The average molecular weight is 103 g/mol. The lowest BCUT2D eigenvalue weighted by Crippen LogP contribution is -2.46. The molecule has 1 atom stereocenters. The minimum Gasteiger partial charge on any atom is -0.367 e. The number of primary amides is 1. The van der Waals surface area contributed by atoms with Gasteiger partial charge in [-0.05, 0) is 7.05 Å². The fraction of sp³-hybridized carbons (Fsp3) is 0.667. The number of nitrogens with two attached hydrogens (primary N) is 2. The van der Waals surface area contributed by atoms with Crippen LogP contribution in [0.25, 0.3) is 0 Å². The summed E-state index contributed by atoms with van der Waals surface area (Å²) >= 11 is 0. The van der Waals surface area contributed by atoms with Gasteiger partial charge in [0.1, 0.15) is 6.17 Å². The molecule has 0 radical (unpaired) electrons. The Kier molecular flexibility index (Phi) is 2.32. The smallest absolute Gasteiger partial charge is 0.249 e. The summed E-state index contributed by atoms with van der Waals surface area (Å²) in [4.78, 5) is 9.97. The van der Waals surface area contributed by atoms with E-state index in [4.69, 9.17) is 11.5 Å². The van der Waals surface area contributed by atoms with E-state index in [2.05, 4.69) is 5.32 Å². The molecule has 4 heteroatoms. The number of rotatable bonds is 2. The predicted octanol–water partition coefficient (Wildman–Crippen LogP) is -2.02. The lowest BCUT2D eigenvalue weighted by Gasteiger charge is -2.01. The van der Waals surface area contributed by atoms with Gasteiger partial charge in [0.2, 0.25) is 5.91 Å². The van der Waals surface area contributed by atoms with E-state index in [1.807, 2.05) is 0 Å². The first-order chi connectivity index (χ1) is 3.18. The molecular formula is C3H9N3O. The van der Waals surface area contributed by atoms with Crippen LogP contribution in [0.15, 0.2) is 0 Å². The van der Waals surface area contributed by atoms with Crippen molar-refractivity contribution in [3.63, 3.8) is 0 Å². The molecule has 5 N–H and O–H groups in total. The predicted molar refractivity (Wildman–Crippen MR) is 26.2 cm³/mol. The third-order valence-corrected chi connectivity index (χ3v) is 0.618. The van der Waals surface area contributed by atoms with E-state index in [1.165, 1.54) is 0 Å². The van der Waals surface area contributed by atoms with Crippen LogP contribution in [-0.2, 0) is 4.79 Å². The highest BCUT2D eigenvalue weighted by atomic mass is 16.1. The average Bonchev–Trinajstić information content (AvgIpc) is 1.65. The molecule has 0 aliphatic heterocycles. The van der Waals surface area contributed by atoms with Crippen molar-refractivity contribution in [1.29, 1.82) is 0 Å². The molecule has 0 aliphatic rings. The maximum absolute atomic E-state index is 9.97. The van der Waals surface area contributed by atoms with E-state index in [1.54, 1.807) is 7.05 Å². The van der Waals surface area contributed by atoms with Crippen LogP contribution in [0.3, 0.4) is 0 Å². The van der Waals surface area contributed by atoms with Crippen molar-refractivity contribution < 1.29 is 4.79 Å². The van der Waals surface area contributed by atoms with Crippen LogP contribution in [0.2, 0.25) is 0 Å². The fourth-order valence-corrected chi connectivity index (χ4v) is 0.142.